The molecule has 0 fully saturated rings. The summed E-state index contributed by atoms with van der Waals surface area (Å²) in [5.41, 5.74) is 0. The van der Waals surface area contributed by atoms with Gasteiger partial charge in [0.1, 0.15) is 0 Å². The number of nitrogens with zero attached hydrogens (tertiary/aromatic N) is 2. The Kier molecular flexibility index (Phi) is 36.8. The second-order valence-electron chi connectivity index (χ2n) is 0.848. The largest absolute Gasteiger partial charge is 1.00 e. The summed E-state index contributed by atoms with van der Waals surface area (Å²) in [6.45, 7) is 6.13. The van der Waals surface area contributed by atoms with Crippen LogP contribution in [0, 0.1) is 0 Å². The molecule has 56 valence electrons. The maximum absolute atomic E-state index is 4.28. The van der Waals surface area contributed by atoms with Crippen LogP contribution in [-0.2, 0) is 25.3 Å². The molecule has 0 amide bonds. The van der Waals surface area contributed by atoms with Crippen LogP contribution in [-0.4, -0.2) is 22.1 Å². The van der Waals surface area contributed by atoms with Gasteiger partial charge in [-0.25, -0.2) is 0 Å². The molecule has 0 aliphatic rings. The summed E-state index contributed by atoms with van der Waals surface area (Å²) in [5, 5.41) is 0. The van der Waals surface area contributed by atoms with Gasteiger partial charge < -0.3 is 49.7 Å². The van der Waals surface area contributed by atoms with E-state index in [2.05, 4.69) is 73.1 Å². The zero-order valence-electron chi connectivity index (χ0n) is 6.94. The minimum Gasteiger partial charge on any atom is -0.409 e. The molecule has 2 nitrogen and oxygen atoms in total. The van der Waals surface area contributed by atoms with Crippen molar-refractivity contribution < 1.29 is 59.1 Å². The van der Waals surface area contributed by atoms with Crippen LogP contribution in [0.25, 0.3) is 0 Å². The molecule has 0 aliphatic heterocycles. The summed E-state index contributed by atoms with van der Waals surface area (Å²) >= 11 is 17.1. The molecule has 0 saturated heterocycles. The molecule has 0 unspecified atom stereocenters. The smallest absolute Gasteiger partial charge is 0.409 e. The molecule has 8 heteroatoms. The molecular weight excluding hydrogens is 250 g/mol. The Morgan fingerprint density at radius 1 is 0.917 bits per heavy atom. The third kappa shape index (κ3) is 40.4. The normalized spacial score (nSPS) is 5.33. The van der Waals surface area contributed by atoms with Gasteiger partial charge in [-0.15, -0.1) is 0 Å². The van der Waals surface area contributed by atoms with E-state index in [9.17, 15) is 0 Å². The molecule has 0 aliphatic carbocycles. The van der Waals surface area contributed by atoms with Crippen molar-refractivity contribution >= 4 is 71.8 Å². The van der Waals surface area contributed by atoms with Crippen LogP contribution in [0.4, 0.5) is 0 Å². The fraction of sp³-hybridized carbons (Fsp3) is 0. The Morgan fingerprint density at radius 2 is 1.00 bits per heavy atom. The SMILES string of the molecule is C=NC(=S)[S-].C=NC(=S)[S-].[Na+].[Na+]. The van der Waals surface area contributed by atoms with E-state index in [1.165, 1.54) is 0 Å². The minimum atomic E-state index is 0. The molecule has 0 atom stereocenters. The van der Waals surface area contributed by atoms with E-state index >= 15 is 0 Å². The van der Waals surface area contributed by atoms with Gasteiger partial charge in [0.05, 0.1) is 0 Å². The van der Waals surface area contributed by atoms with Crippen LogP contribution in [0.15, 0.2) is 9.98 Å². The van der Waals surface area contributed by atoms with Gasteiger partial charge in [-0.3, -0.25) is 9.98 Å². The van der Waals surface area contributed by atoms with Gasteiger partial charge in [0.2, 0.25) is 0 Å². The van der Waals surface area contributed by atoms with Crippen molar-refractivity contribution in [1.29, 1.82) is 0 Å². The second kappa shape index (κ2) is 18.7. The summed E-state index contributed by atoms with van der Waals surface area (Å²) in [7, 11) is 0. The van der Waals surface area contributed by atoms with Gasteiger partial charge in [0.25, 0.3) is 0 Å². The molecule has 0 saturated carbocycles. The van der Waals surface area contributed by atoms with E-state index in [1.807, 2.05) is 0 Å². The van der Waals surface area contributed by atoms with E-state index in [4.69, 9.17) is 0 Å². The van der Waals surface area contributed by atoms with Gasteiger partial charge in [-0.05, 0) is 22.1 Å². The van der Waals surface area contributed by atoms with Crippen molar-refractivity contribution in [2.24, 2.45) is 9.98 Å². The average Bonchev–Trinajstić information content (AvgIpc) is 1.89. The van der Waals surface area contributed by atoms with Crippen LogP contribution < -0.4 is 59.1 Å². The summed E-state index contributed by atoms with van der Waals surface area (Å²) in [6.07, 6.45) is 0. The Labute approximate surface area is 138 Å². The standard InChI is InChI=1S/2C2H3NS2.2Na/c2*1-3-2(4)5;;/h2*1H2,(H,4,5);;/q;;2*+1/p-2. The minimum absolute atomic E-state index is 0. The topological polar surface area (TPSA) is 24.7 Å². The summed E-state index contributed by atoms with van der Waals surface area (Å²) in [5.74, 6) is 0. The molecule has 0 rings (SSSR count). The number of hydrogen-bond acceptors (Lipinski definition) is 4. The fourth-order valence-electron chi connectivity index (χ4n) is 0. The average molecular weight is 254 g/mol. The van der Waals surface area contributed by atoms with Crippen LogP contribution in [0.5, 0.6) is 0 Å². The van der Waals surface area contributed by atoms with Crippen molar-refractivity contribution in [2.45, 2.75) is 0 Å². The van der Waals surface area contributed by atoms with E-state index < -0.39 is 0 Å². The van der Waals surface area contributed by atoms with E-state index in [0.717, 1.165) is 0 Å². The molecule has 0 aromatic carbocycles. The summed E-state index contributed by atoms with van der Waals surface area (Å²) in [6, 6.07) is 0. The maximum atomic E-state index is 4.28. The molecular formula is C4H4N2Na2S4. The second-order valence-corrected chi connectivity index (χ2v) is 2.91. The fourth-order valence-corrected chi connectivity index (χ4v) is 0. The predicted molar refractivity (Wildman–Crippen MR) is 59.0 cm³/mol. The zero-order chi connectivity index (χ0) is 8.57. The van der Waals surface area contributed by atoms with Crippen molar-refractivity contribution in [2.75, 3.05) is 0 Å². The molecule has 0 aromatic heterocycles. The Morgan fingerprint density at radius 3 is 1.00 bits per heavy atom. The Balaban J connectivity index is -0.0000000457. The number of aliphatic imine (C=N–C) groups is 2. The van der Waals surface area contributed by atoms with Crippen LogP contribution in [0.1, 0.15) is 0 Å². The predicted octanol–water partition coefficient (Wildman–Crippen LogP) is -4.95. The molecule has 0 radical (unpaired) electrons. The van der Waals surface area contributed by atoms with Crippen LogP contribution in [0.3, 0.4) is 0 Å². The van der Waals surface area contributed by atoms with Crippen molar-refractivity contribution in [3.05, 3.63) is 0 Å². The monoisotopic (exact) mass is 254 g/mol. The van der Waals surface area contributed by atoms with E-state index in [1.54, 1.807) is 0 Å². The third-order valence-corrected chi connectivity index (χ3v) is 0.775. The molecule has 0 N–H and O–H groups in total. The van der Waals surface area contributed by atoms with Gasteiger partial charge in [0, 0.05) is 0 Å². The van der Waals surface area contributed by atoms with E-state index in [-0.39, 0.29) is 67.8 Å². The number of rotatable bonds is 0. The Bertz CT molecular complexity index is 143. The molecule has 0 aromatic rings. The summed E-state index contributed by atoms with van der Waals surface area (Å²) < 4.78 is 0.370. The quantitative estimate of drug-likeness (QED) is 0.187. The first kappa shape index (κ1) is 23.6. The molecule has 0 heterocycles. The Hall–Kier alpha value is 1.96. The van der Waals surface area contributed by atoms with Gasteiger partial charge >= 0.3 is 59.1 Å². The van der Waals surface area contributed by atoms with Crippen molar-refractivity contribution in [1.82, 2.24) is 0 Å². The zero-order valence-corrected chi connectivity index (χ0v) is 14.2. The van der Waals surface area contributed by atoms with Gasteiger partial charge in [-0.1, -0.05) is 0 Å². The van der Waals surface area contributed by atoms with Gasteiger partial charge in [-0.2, -0.15) is 0 Å². The van der Waals surface area contributed by atoms with Gasteiger partial charge in [0.15, 0.2) is 0 Å². The summed E-state index contributed by atoms with van der Waals surface area (Å²) in [4.78, 5) is 6.37. The third-order valence-electron chi connectivity index (χ3n) is 0.258. The first-order chi connectivity index (χ1) is 4.54. The first-order valence-electron chi connectivity index (χ1n) is 1.90. The molecule has 0 spiro atoms. The van der Waals surface area contributed by atoms with Crippen LogP contribution in [0.2, 0.25) is 0 Å². The number of hydrogen-bond donors (Lipinski definition) is 0. The maximum Gasteiger partial charge on any atom is 1.00 e. The van der Waals surface area contributed by atoms with Crippen LogP contribution >= 0.6 is 24.4 Å². The molecule has 12 heavy (non-hydrogen) atoms. The van der Waals surface area contributed by atoms with E-state index in [0.29, 0.717) is 0 Å². The van der Waals surface area contributed by atoms with Crippen molar-refractivity contribution in [3.63, 3.8) is 0 Å². The molecule has 0 bridgehead atoms. The number of thiocarbonyl (C=S) groups is 2. The first-order valence-corrected chi connectivity index (χ1v) is 3.53. The van der Waals surface area contributed by atoms with Crippen molar-refractivity contribution in [3.8, 4) is 0 Å².